The highest BCUT2D eigenvalue weighted by atomic mass is 16.7. The lowest BCUT2D eigenvalue weighted by Gasteiger charge is -2.48. The second-order valence-corrected chi connectivity index (χ2v) is 19.0. The Balaban J connectivity index is 1.18. The van der Waals surface area contributed by atoms with Gasteiger partial charge in [0.25, 0.3) is 0 Å². The number of carbonyl (C=O) groups is 1. The Morgan fingerprint density at radius 1 is 0.887 bits per heavy atom. The Morgan fingerprint density at radius 2 is 1.60 bits per heavy atom. The number of hydrogen-bond donors (Lipinski definition) is 3. The van der Waals surface area contributed by atoms with Crippen LogP contribution in [0.3, 0.4) is 0 Å². The van der Waals surface area contributed by atoms with Crippen molar-refractivity contribution in [3.8, 4) is 0 Å². The fraction of sp³-hybridized carbons (Fsp3) is 0.771. The van der Waals surface area contributed by atoms with E-state index in [0.717, 1.165) is 12.0 Å². The summed E-state index contributed by atoms with van der Waals surface area (Å²) in [5.74, 6) is -2.56. The first-order chi connectivity index (χ1) is 29.5. The molecule has 0 radical (unpaired) electrons. The van der Waals surface area contributed by atoms with Gasteiger partial charge >= 0.3 is 5.97 Å². The van der Waals surface area contributed by atoms with E-state index in [-0.39, 0.29) is 42.7 Å². The number of aliphatic hydroxyl groups excluding tert-OH is 2. The van der Waals surface area contributed by atoms with E-state index in [2.05, 4.69) is 39.8 Å². The van der Waals surface area contributed by atoms with Crippen LogP contribution in [0.5, 0.6) is 0 Å². The summed E-state index contributed by atoms with van der Waals surface area (Å²) in [7, 11) is 3.22. The van der Waals surface area contributed by atoms with Crippen molar-refractivity contribution in [1.82, 2.24) is 0 Å². The third-order valence-electron chi connectivity index (χ3n) is 14.5. The molecule has 0 aromatic carbocycles. The van der Waals surface area contributed by atoms with Gasteiger partial charge in [-0.3, -0.25) is 4.79 Å². The standard InChI is InChI=1S/C48H72O14/c1-11-25(2)43-28(5)17-18-47(62-43)23-34-20-33(61-47)16-15-27(4)42(26(3)13-12-14-32-24-55-45-40(49)29(6)19-35(46(51)58-34)48(32,45)52)59-39-22-37(54-10)44(31(8)57-39)60-38-21-36(53-9)41(50)30(7)56-38/h12-15,17-19,25-26,28,30-31,33-45,49-50,52H,11,16,20-24H2,1-10H3/b13-12+,27-15+,32-14+/t25?,26-,28-,30-,31-,33+,34-,35-,36-,37-,38-,39-,40+,41-,42-,43+,44-,45+,47+,48+/m1/s1. The maximum absolute atomic E-state index is 14.3. The normalized spacial score (nSPS) is 49.1. The molecular formula is C48H72O14. The van der Waals surface area contributed by atoms with Crippen molar-refractivity contribution in [1.29, 1.82) is 0 Å². The van der Waals surface area contributed by atoms with Gasteiger partial charge < -0.3 is 62.7 Å². The molecule has 0 aromatic heterocycles. The van der Waals surface area contributed by atoms with Crippen LogP contribution in [0.4, 0.5) is 0 Å². The second-order valence-electron chi connectivity index (χ2n) is 19.0. The van der Waals surface area contributed by atoms with Gasteiger partial charge in [-0.25, -0.2) is 0 Å². The average Bonchev–Trinajstić information content (AvgIpc) is 3.58. The molecule has 6 heterocycles. The fourth-order valence-corrected chi connectivity index (χ4v) is 10.6. The van der Waals surface area contributed by atoms with Gasteiger partial charge in [-0.15, -0.1) is 0 Å². The predicted molar refractivity (Wildman–Crippen MR) is 227 cm³/mol. The molecule has 20 atom stereocenters. The molecular weight excluding hydrogens is 801 g/mol. The molecule has 4 fully saturated rings. The van der Waals surface area contributed by atoms with E-state index < -0.39 is 90.8 Å². The van der Waals surface area contributed by atoms with Crippen LogP contribution in [0.2, 0.25) is 0 Å². The summed E-state index contributed by atoms with van der Waals surface area (Å²) in [5.41, 5.74) is 0.134. The van der Waals surface area contributed by atoms with Crippen LogP contribution in [0.15, 0.2) is 59.3 Å². The molecule has 0 saturated carbocycles. The summed E-state index contributed by atoms with van der Waals surface area (Å²) in [4.78, 5) is 14.3. The number of aliphatic hydroxyl groups is 3. The molecule has 4 saturated heterocycles. The van der Waals surface area contributed by atoms with Gasteiger partial charge in [-0.2, -0.15) is 0 Å². The van der Waals surface area contributed by atoms with E-state index in [4.69, 9.17) is 47.4 Å². The Morgan fingerprint density at radius 3 is 2.32 bits per heavy atom. The Bertz CT molecular complexity index is 1730. The first kappa shape index (κ1) is 47.6. The van der Waals surface area contributed by atoms with Crippen LogP contribution in [0, 0.1) is 23.7 Å². The predicted octanol–water partition coefficient (Wildman–Crippen LogP) is 5.38. The van der Waals surface area contributed by atoms with Crippen molar-refractivity contribution in [2.75, 3.05) is 20.8 Å². The topological polar surface area (TPSA) is 170 Å². The fourth-order valence-electron chi connectivity index (χ4n) is 10.6. The van der Waals surface area contributed by atoms with Crippen LogP contribution in [0.1, 0.15) is 93.9 Å². The van der Waals surface area contributed by atoms with Gasteiger partial charge in [0.2, 0.25) is 0 Å². The van der Waals surface area contributed by atoms with Crippen LogP contribution in [-0.4, -0.2) is 139 Å². The second kappa shape index (κ2) is 19.7. The Kier molecular flexibility index (Phi) is 15.1. The number of fused-ring (bicyclic) bond motifs is 2. The molecule has 1 spiro atoms. The summed E-state index contributed by atoms with van der Waals surface area (Å²) >= 11 is 0. The third-order valence-corrected chi connectivity index (χ3v) is 14.5. The van der Waals surface area contributed by atoms with E-state index in [1.807, 2.05) is 32.1 Å². The highest BCUT2D eigenvalue weighted by Crippen LogP contribution is 2.47. The van der Waals surface area contributed by atoms with Crippen LogP contribution in [0.25, 0.3) is 0 Å². The van der Waals surface area contributed by atoms with Crippen molar-refractivity contribution in [3.63, 3.8) is 0 Å². The molecule has 6 aliphatic heterocycles. The molecule has 348 valence electrons. The zero-order valence-electron chi connectivity index (χ0n) is 38.2. The molecule has 14 heteroatoms. The maximum atomic E-state index is 14.3. The molecule has 1 aliphatic carbocycles. The third kappa shape index (κ3) is 9.64. The molecule has 0 aromatic rings. The number of hydrogen-bond acceptors (Lipinski definition) is 14. The van der Waals surface area contributed by atoms with Crippen molar-refractivity contribution in [3.05, 3.63) is 59.3 Å². The maximum Gasteiger partial charge on any atom is 0.316 e. The Hall–Kier alpha value is -2.31. The largest absolute Gasteiger partial charge is 0.462 e. The number of allylic oxidation sites excluding steroid dienone is 2. The molecule has 0 amide bonds. The molecule has 62 heavy (non-hydrogen) atoms. The SMILES string of the molecule is CCC(C)[C@@H]1O[C@@]2(C=C[C@H]1C)C[C@H]1C[C@H](C/C=C(\C)[C@H](O[C@@H]3C[C@@H](OC)[C@H](O[C@@H]4C[C@@H](OC)[C@H](O)[C@@H](C)O4)[C@@H](C)O3)[C@H](C)/C=C/C=C3\CO[C@H]4[C@@H](O)C(C)=C[C@H](C(=O)O1)[C@@]34O)O2. The zero-order valence-corrected chi connectivity index (χ0v) is 38.2. The van der Waals surface area contributed by atoms with Gasteiger partial charge in [0.05, 0.1) is 49.3 Å². The molecule has 14 nitrogen and oxygen atoms in total. The number of ether oxygens (including phenoxy) is 10. The monoisotopic (exact) mass is 872 g/mol. The highest BCUT2D eigenvalue weighted by Gasteiger charge is 2.60. The van der Waals surface area contributed by atoms with E-state index in [1.165, 1.54) is 0 Å². The van der Waals surface area contributed by atoms with Gasteiger partial charge in [-0.05, 0) is 62.8 Å². The lowest BCUT2D eigenvalue weighted by Crippen LogP contribution is -2.58. The first-order valence-corrected chi connectivity index (χ1v) is 22.9. The number of esters is 1. The van der Waals surface area contributed by atoms with Gasteiger partial charge in [0.15, 0.2) is 18.4 Å². The van der Waals surface area contributed by atoms with Crippen LogP contribution < -0.4 is 0 Å². The van der Waals surface area contributed by atoms with Crippen LogP contribution >= 0.6 is 0 Å². The summed E-state index contributed by atoms with van der Waals surface area (Å²) in [6, 6.07) is 0. The summed E-state index contributed by atoms with van der Waals surface area (Å²) < 4.78 is 63.7. The number of carbonyl (C=O) groups excluding carboxylic acids is 1. The van der Waals surface area contributed by atoms with E-state index in [0.29, 0.717) is 43.3 Å². The van der Waals surface area contributed by atoms with Crippen molar-refractivity contribution >= 4 is 5.97 Å². The average molecular weight is 873 g/mol. The molecule has 2 bridgehead atoms. The Labute approximate surface area is 367 Å². The smallest absolute Gasteiger partial charge is 0.316 e. The van der Waals surface area contributed by atoms with Crippen molar-refractivity contribution in [2.45, 2.75) is 191 Å². The first-order valence-electron chi connectivity index (χ1n) is 22.9. The van der Waals surface area contributed by atoms with Gasteiger partial charge in [-0.1, -0.05) is 70.6 Å². The minimum Gasteiger partial charge on any atom is -0.462 e. The quantitative estimate of drug-likeness (QED) is 0.210. The molecule has 7 rings (SSSR count). The summed E-state index contributed by atoms with van der Waals surface area (Å²) in [6.45, 7) is 16.1. The van der Waals surface area contributed by atoms with Gasteiger partial charge in [0, 0.05) is 51.7 Å². The lowest BCUT2D eigenvalue weighted by atomic mass is 9.71. The van der Waals surface area contributed by atoms with Gasteiger partial charge in [0.1, 0.15) is 42.0 Å². The minimum atomic E-state index is -1.84. The van der Waals surface area contributed by atoms with E-state index in [9.17, 15) is 20.1 Å². The lowest BCUT2D eigenvalue weighted by molar-refractivity contribution is -0.318. The summed E-state index contributed by atoms with van der Waals surface area (Å²) in [5, 5.41) is 34.2. The van der Waals surface area contributed by atoms with Crippen molar-refractivity contribution in [2.24, 2.45) is 23.7 Å². The zero-order chi connectivity index (χ0) is 44.7. The van der Waals surface area contributed by atoms with E-state index in [1.54, 1.807) is 40.2 Å². The number of rotatable bonds is 8. The van der Waals surface area contributed by atoms with Crippen molar-refractivity contribution < 1.29 is 67.5 Å². The molecule has 3 N–H and O–H groups in total. The molecule has 7 aliphatic rings. The highest BCUT2D eigenvalue weighted by molar-refractivity contribution is 5.78. The molecule has 1 unspecified atom stereocenters. The number of methoxy groups -OCH3 is 2. The minimum absolute atomic E-state index is 0.0317. The summed E-state index contributed by atoms with van der Waals surface area (Å²) in [6.07, 6.45) is 8.55. The van der Waals surface area contributed by atoms with Crippen LogP contribution in [-0.2, 0) is 52.2 Å². The van der Waals surface area contributed by atoms with E-state index >= 15 is 0 Å².